The number of carbonyl (C=O) groups excluding carboxylic acids is 2. The van der Waals surface area contributed by atoms with E-state index in [0.29, 0.717) is 36.7 Å². The van der Waals surface area contributed by atoms with E-state index in [0.717, 1.165) is 23.5 Å². The van der Waals surface area contributed by atoms with Gasteiger partial charge in [0.2, 0.25) is 5.91 Å². The van der Waals surface area contributed by atoms with Gasteiger partial charge in [-0.1, -0.05) is 6.07 Å². The summed E-state index contributed by atoms with van der Waals surface area (Å²) in [6, 6.07) is 3.25. The summed E-state index contributed by atoms with van der Waals surface area (Å²) in [5, 5.41) is 2.41. The number of anilines is 1. The highest BCUT2D eigenvalue weighted by Crippen LogP contribution is 2.28. The lowest BCUT2D eigenvalue weighted by molar-refractivity contribution is -0.135. The number of amides is 2. The number of rotatable bonds is 4. The number of thiophene rings is 1. The third-order valence-corrected chi connectivity index (χ3v) is 6.19. The van der Waals surface area contributed by atoms with Crippen LogP contribution in [0.15, 0.2) is 29.3 Å². The van der Waals surface area contributed by atoms with Crippen LogP contribution in [-0.4, -0.2) is 52.6 Å². The number of hydrogen-bond donors (Lipinski definition) is 1. The molecule has 4 rings (SSSR count). The van der Waals surface area contributed by atoms with E-state index >= 15 is 0 Å². The fraction of sp³-hybridized carbons (Fsp3) is 0.300. The van der Waals surface area contributed by atoms with Crippen LogP contribution >= 0.6 is 11.3 Å². The van der Waals surface area contributed by atoms with Crippen molar-refractivity contribution in [2.75, 3.05) is 31.6 Å². The molecule has 0 atom stereocenters. The number of halogens is 2. The van der Waals surface area contributed by atoms with Gasteiger partial charge < -0.3 is 15.0 Å². The zero-order valence-corrected chi connectivity index (χ0v) is 17.3. The molecule has 31 heavy (non-hydrogen) atoms. The lowest BCUT2D eigenvalue weighted by Crippen LogP contribution is -2.43. The van der Waals surface area contributed by atoms with Gasteiger partial charge in [-0.3, -0.25) is 19.0 Å². The molecule has 0 saturated carbocycles. The largest absolute Gasteiger partial charge is 0.378 e. The van der Waals surface area contributed by atoms with E-state index in [4.69, 9.17) is 4.74 Å². The van der Waals surface area contributed by atoms with Gasteiger partial charge in [-0.15, -0.1) is 11.3 Å². The second-order valence-corrected chi connectivity index (χ2v) is 7.96. The van der Waals surface area contributed by atoms with Crippen LogP contribution in [0.3, 0.4) is 0 Å². The minimum absolute atomic E-state index is 0.111. The van der Waals surface area contributed by atoms with Crippen molar-refractivity contribution in [3.8, 4) is 0 Å². The van der Waals surface area contributed by atoms with E-state index in [1.54, 1.807) is 11.8 Å². The molecule has 162 valence electrons. The smallest absolute Gasteiger partial charge is 0.266 e. The van der Waals surface area contributed by atoms with Gasteiger partial charge in [0.25, 0.3) is 11.5 Å². The Balaban J connectivity index is 1.63. The summed E-state index contributed by atoms with van der Waals surface area (Å²) in [4.78, 5) is 44.3. The molecule has 3 heterocycles. The van der Waals surface area contributed by atoms with Gasteiger partial charge in [0.05, 0.1) is 29.8 Å². The molecule has 0 unspecified atom stereocenters. The highest BCUT2D eigenvalue weighted by molar-refractivity contribution is 7.20. The van der Waals surface area contributed by atoms with E-state index in [-0.39, 0.29) is 22.7 Å². The van der Waals surface area contributed by atoms with Gasteiger partial charge in [-0.25, -0.2) is 13.8 Å². The second kappa shape index (κ2) is 8.52. The molecule has 1 aliphatic heterocycles. The average molecular weight is 448 g/mol. The van der Waals surface area contributed by atoms with E-state index in [1.165, 1.54) is 17.0 Å². The van der Waals surface area contributed by atoms with Crippen molar-refractivity contribution in [1.82, 2.24) is 14.5 Å². The molecule has 1 aliphatic rings. The van der Waals surface area contributed by atoms with E-state index in [2.05, 4.69) is 10.3 Å². The Morgan fingerprint density at radius 1 is 1.23 bits per heavy atom. The van der Waals surface area contributed by atoms with Crippen LogP contribution in [-0.2, 0) is 16.1 Å². The lowest BCUT2D eigenvalue weighted by Gasteiger charge is -2.26. The summed E-state index contributed by atoms with van der Waals surface area (Å²) < 4.78 is 34.1. The minimum Gasteiger partial charge on any atom is -0.378 e. The fourth-order valence-corrected chi connectivity index (χ4v) is 4.37. The number of nitrogens with one attached hydrogen (secondary N) is 1. The molecule has 1 N–H and O–H groups in total. The zero-order chi connectivity index (χ0) is 22.1. The van der Waals surface area contributed by atoms with Gasteiger partial charge in [0, 0.05) is 13.1 Å². The molecule has 0 bridgehead atoms. The third-order valence-electron chi connectivity index (χ3n) is 4.99. The highest BCUT2D eigenvalue weighted by atomic mass is 32.1. The molecule has 0 radical (unpaired) electrons. The van der Waals surface area contributed by atoms with E-state index in [9.17, 15) is 23.2 Å². The van der Waals surface area contributed by atoms with Crippen LogP contribution < -0.4 is 10.9 Å². The summed E-state index contributed by atoms with van der Waals surface area (Å²) in [7, 11) is 0. The number of ether oxygens (including phenoxy) is 1. The first-order chi connectivity index (χ1) is 14.9. The number of benzene rings is 1. The Hall–Kier alpha value is -3.18. The van der Waals surface area contributed by atoms with Crippen LogP contribution in [0.2, 0.25) is 0 Å². The maximum absolute atomic E-state index is 13.9. The molecule has 8 nitrogen and oxygen atoms in total. The highest BCUT2D eigenvalue weighted by Gasteiger charge is 2.23. The number of nitrogens with zero attached hydrogens (tertiary/aromatic N) is 3. The van der Waals surface area contributed by atoms with E-state index in [1.807, 2.05) is 0 Å². The third kappa shape index (κ3) is 4.06. The second-order valence-electron chi connectivity index (χ2n) is 6.96. The van der Waals surface area contributed by atoms with Crippen LogP contribution in [0, 0.1) is 18.6 Å². The van der Waals surface area contributed by atoms with Crippen molar-refractivity contribution in [1.29, 1.82) is 0 Å². The molecule has 3 aromatic rings. The Labute approximate surface area is 179 Å². The quantitative estimate of drug-likeness (QED) is 0.660. The number of fused-ring (bicyclic) bond motifs is 1. The summed E-state index contributed by atoms with van der Waals surface area (Å²) in [5.74, 6) is -2.80. The normalized spacial score (nSPS) is 14.1. The number of hydrogen-bond acceptors (Lipinski definition) is 6. The molecule has 2 amide bonds. The Morgan fingerprint density at radius 2 is 1.90 bits per heavy atom. The number of aryl methyl sites for hydroxylation is 1. The maximum Gasteiger partial charge on any atom is 0.266 e. The van der Waals surface area contributed by atoms with Crippen molar-refractivity contribution < 1.29 is 23.1 Å². The van der Waals surface area contributed by atoms with Gasteiger partial charge in [-0.05, 0) is 24.6 Å². The minimum atomic E-state index is -0.908. The zero-order valence-electron chi connectivity index (χ0n) is 16.5. The summed E-state index contributed by atoms with van der Waals surface area (Å²) in [6.45, 7) is 3.18. The monoisotopic (exact) mass is 448 g/mol. The summed E-state index contributed by atoms with van der Waals surface area (Å²) in [6.07, 6.45) is 1.26. The van der Waals surface area contributed by atoms with Crippen molar-refractivity contribution in [2.24, 2.45) is 0 Å². The number of aromatic nitrogens is 2. The standard InChI is InChI=1S/C20H18F2N4O4S/c1-11-15-19(31-17(11)18(28)24-16-12(21)3-2-4-13(16)22)23-10-26(20(15)29)9-14(27)25-5-7-30-8-6-25/h2-4,10H,5-9H2,1H3,(H,24,28). The molecule has 1 saturated heterocycles. The first-order valence-corrected chi connectivity index (χ1v) is 10.3. The Kier molecular flexibility index (Phi) is 5.79. The van der Waals surface area contributed by atoms with Gasteiger partial charge in [0.15, 0.2) is 0 Å². The summed E-state index contributed by atoms with van der Waals surface area (Å²) in [5.41, 5.74) is -0.692. The van der Waals surface area contributed by atoms with Crippen LogP contribution in [0.25, 0.3) is 10.2 Å². The number of morpholine rings is 1. The molecular weight excluding hydrogens is 430 g/mol. The van der Waals surface area contributed by atoms with Crippen molar-refractivity contribution >= 4 is 39.1 Å². The molecular formula is C20H18F2N4O4S. The first-order valence-electron chi connectivity index (χ1n) is 9.46. The predicted molar refractivity (Wildman–Crippen MR) is 110 cm³/mol. The van der Waals surface area contributed by atoms with Gasteiger partial charge in [-0.2, -0.15) is 0 Å². The molecule has 1 fully saturated rings. The Morgan fingerprint density at radius 3 is 2.58 bits per heavy atom. The number of carbonyl (C=O) groups is 2. The predicted octanol–water partition coefficient (Wildman–Crippen LogP) is 2.16. The van der Waals surface area contributed by atoms with Crippen molar-refractivity contribution in [2.45, 2.75) is 13.5 Å². The average Bonchev–Trinajstić information content (AvgIpc) is 3.10. The SMILES string of the molecule is Cc1c(C(=O)Nc2c(F)cccc2F)sc2ncn(CC(=O)N3CCOCC3)c(=O)c12. The molecule has 11 heteroatoms. The van der Waals surface area contributed by atoms with Crippen molar-refractivity contribution in [3.05, 3.63) is 57.0 Å². The molecule has 0 aliphatic carbocycles. The van der Waals surface area contributed by atoms with Crippen LogP contribution in [0.1, 0.15) is 15.2 Å². The van der Waals surface area contributed by atoms with Gasteiger partial charge >= 0.3 is 0 Å². The molecule has 1 aromatic carbocycles. The van der Waals surface area contributed by atoms with Crippen LogP contribution in [0.4, 0.5) is 14.5 Å². The van der Waals surface area contributed by atoms with Gasteiger partial charge in [0.1, 0.15) is 28.7 Å². The fourth-order valence-electron chi connectivity index (χ4n) is 3.33. The number of para-hydroxylation sites is 1. The molecule has 2 aromatic heterocycles. The topological polar surface area (TPSA) is 93.5 Å². The Bertz CT molecular complexity index is 1210. The molecule has 0 spiro atoms. The lowest BCUT2D eigenvalue weighted by atomic mass is 10.2. The van der Waals surface area contributed by atoms with Crippen molar-refractivity contribution in [3.63, 3.8) is 0 Å². The van der Waals surface area contributed by atoms with Crippen LogP contribution in [0.5, 0.6) is 0 Å². The summed E-state index contributed by atoms with van der Waals surface area (Å²) >= 11 is 0.940. The first kappa shape index (κ1) is 21.1. The maximum atomic E-state index is 13.9. The van der Waals surface area contributed by atoms with E-state index < -0.39 is 28.8 Å².